The van der Waals surface area contributed by atoms with Crippen LogP contribution in [0.3, 0.4) is 0 Å². The van der Waals surface area contributed by atoms with Crippen LogP contribution in [0.15, 0.2) is 76.0 Å². The van der Waals surface area contributed by atoms with Crippen LogP contribution in [-0.2, 0) is 16.6 Å². The van der Waals surface area contributed by atoms with Crippen LogP contribution in [-0.4, -0.2) is 38.9 Å². The number of carbonyl (C=O) groups is 1. The van der Waals surface area contributed by atoms with Gasteiger partial charge in [0, 0.05) is 11.6 Å². The Morgan fingerprint density at radius 3 is 2.39 bits per heavy atom. The third-order valence-corrected chi connectivity index (χ3v) is 7.28. The van der Waals surface area contributed by atoms with Crippen LogP contribution in [0.25, 0.3) is 11.5 Å². The number of nitrogens with zero attached hydrogens (tertiary/aromatic N) is 4. The number of amides is 2. The fraction of sp³-hybridized carbons (Fsp3) is 0.125. The molecule has 10 nitrogen and oxygen atoms in total. The smallest absolute Gasteiger partial charge is 0.343 e. The molecule has 0 fully saturated rings. The molecule has 0 bridgehead atoms. The first-order chi connectivity index (χ1) is 17.3. The van der Waals surface area contributed by atoms with Crippen molar-refractivity contribution in [2.75, 3.05) is 23.4 Å². The molecule has 3 aromatic carbocycles. The van der Waals surface area contributed by atoms with Gasteiger partial charge in [0.15, 0.2) is 11.5 Å². The maximum Gasteiger partial charge on any atom is 0.343 e. The molecule has 12 heteroatoms. The van der Waals surface area contributed by atoms with E-state index in [1.54, 1.807) is 12.1 Å². The highest BCUT2D eigenvalue weighted by atomic mass is 32.2. The van der Waals surface area contributed by atoms with E-state index < -0.39 is 21.9 Å². The molecule has 0 radical (unpaired) electrons. The highest BCUT2D eigenvalue weighted by Gasteiger charge is 2.43. The largest absolute Gasteiger partial charge is 0.493 e. The summed E-state index contributed by atoms with van der Waals surface area (Å²) in [6.45, 7) is -0.205. The molecule has 4 aromatic rings. The second-order valence-corrected chi connectivity index (χ2v) is 9.41. The van der Waals surface area contributed by atoms with Crippen LogP contribution in [0.4, 0.5) is 20.6 Å². The van der Waals surface area contributed by atoms with Crippen LogP contribution < -0.4 is 18.7 Å². The highest BCUT2D eigenvalue weighted by molar-refractivity contribution is 7.94. The van der Waals surface area contributed by atoms with Crippen molar-refractivity contribution >= 4 is 27.4 Å². The third kappa shape index (κ3) is 3.90. The molecule has 5 rings (SSSR count). The molecule has 184 valence electrons. The lowest BCUT2D eigenvalue weighted by molar-refractivity contribution is 0.252. The summed E-state index contributed by atoms with van der Waals surface area (Å²) in [7, 11) is -1.40. The third-order valence-electron chi connectivity index (χ3n) is 5.53. The summed E-state index contributed by atoms with van der Waals surface area (Å²) in [5.41, 5.74) is 0.727. The Labute approximate surface area is 205 Å². The number of hydrogen-bond acceptors (Lipinski definition) is 8. The average Bonchev–Trinajstić information content (AvgIpc) is 3.35. The minimum Gasteiger partial charge on any atom is -0.493 e. The molecular formula is C24H19FN4O6S. The summed E-state index contributed by atoms with van der Waals surface area (Å²) in [4.78, 5) is 14.8. The summed E-state index contributed by atoms with van der Waals surface area (Å²) in [5, 5.41) is 7.96. The van der Waals surface area contributed by atoms with Crippen LogP contribution in [0.1, 0.15) is 5.89 Å². The zero-order valence-electron chi connectivity index (χ0n) is 19.1. The van der Waals surface area contributed by atoms with E-state index in [4.69, 9.17) is 13.9 Å². The maximum absolute atomic E-state index is 13.6. The molecule has 0 N–H and O–H groups in total. The zero-order chi connectivity index (χ0) is 25.4. The van der Waals surface area contributed by atoms with Gasteiger partial charge < -0.3 is 13.9 Å². The van der Waals surface area contributed by atoms with Gasteiger partial charge in [-0.3, -0.25) is 4.90 Å². The second kappa shape index (κ2) is 8.96. The lowest BCUT2D eigenvalue weighted by atomic mass is 10.2. The Morgan fingerprint density at radius 2 is 1.67 bits per heavy atom. The van der Waals surface area contributed by atoms with Crippen molar-refractivity contribution in [2.24, 2.45) is 0 Å². The van der Waals surface area contributed by atoms with Gasteiger partial charge in [0.25, 0.3) is 10.0 Å². The van der Waals surface area contributed by atoms with Crippen molar-refractivity contribution < 1.29 is 31.5 Å². The summed E-state index contributed by atoms with van der Waals surface area (Å²) < 4.78 is 57.2. The number of rotatable bonds is 6. The fourth-order valence-electron chi connectivity index (χ4n) is 3.83. The van der Waals surface area contributed by atoms with Crippen LogP contribution in [0, 0.1) is 5.82 Å². The molecular weight excluding hydrogens is 491 g/mol. The number of aromatic nitrogens is 2. The SMILES string of the molecule is COc1ccc(N2C(=O)N(Cc3nnc(-c4ccc(F)cc4)o3)c3ccccc3S2(=O)=O)cc1OC. The Morgan fingerprint density at radius 1 is 0.944 bits per heavy atom. The van der Waals surface area contributed by atoms with E-state index in [-0.39, 0.29) is 40.3 Å². The molecule has 0 atom stereocenters. The quantitative estimate of drug-likeness (QED) is 0.379. The molecule has 2 heterocycles. The summed E-state index contributed by atoms with van der Waals surface area (Å²) in [6.07, 6.45) is 0. The van der Waals surface area contributed by atoms with Crippen molar-refractivity contribution in [3.8, 4) is 23.0 Å². The van der Waals surface area contributed by atoms with Gasteiger partial charge in [-0.15, -0.1) is 10.2 Å². The molecule has 36 heavy (non-hydrogen) atoms. The highest BCUT2D eigenvalue weighted by Crippen LogP contribution is 2.40. The van der Waals surface area contributed by atoms with Gasteiger partial charge in [0.2, 0.25) is 11.8 Å². The topological polar surface area (TPSA) is 115 Å². The molecule has 1 aliphatic rings. The zero-order valence-corrected chi connectivity index (χ0v) is 19.9. The van der Waals surface area contributed by atoms with Gasteiger partial charge in [-0.05, 0) is 48.5 Å². The number of hydrogen-bond donors (Lipinski definition) is 0. The number of benzene rings is 3. The minimum atomic E-state index is -4.25. The lowest BCUT2D eigenvalue weighted by Gasteiger charge is -2.35. The number of para-hydroxylation sites is 1. The molecule has 1 aliphatic heterocycles. The number of fused-ring (bicyclic) bond motifs is 1. The number of sulfonamides is 1. The number of carbonyl (C=O) groups excluding carboxylic acids is 1. The van der Waals surface area contributed by atoms with E-state index in [0.29, 0.717) is 15.6 Å². The van der Waals surface area contributed by atoms with E-state index in [0.717, 1.165) is 0 Å². The molecule has 1 aromatic heterocycles. The first-order valence-electron chi connectivity index (χ1n) is 10.6. The molecule has 0 spiro atoms. The van der Waals surface area contributed by atoms with Crippen LogP contribution in [0.5, 0.6) is 11.5 Å². The number of methoxy groups -OCH3 is 2. The van der Waals surface area contributed by atoms with E-state index in [1.807, 2.05) is 0 Å². The summed E-state index contributed by atoms with van der Waals surface area (Å²) >= 11 is 0. The standard InChI is InChI=1S/C24H19FN4O6S/c1-33-19-12-11-17(13-20(19)34-2)29-24(30)28(18-5-3-4-6-21(18)36(29,31)32)14-22-26-27-23(35-22)15-7-9-16(25)10-8-15/h3-13H,14H2,1-2H3. The normalized spacial score (nSPS) is 14.5. The first-order valence-corrected chi connectivity index (χ1v) is 12.0. The number of anilines is 2. The number of halogens is 1. The van der Waals surface area contributed by atoms with Crippen molar-refractivity contribution in [3.63, 3.8) is 0 Å². The lowest BCUT2D eigenvalue weighted by Crippen LogP contribution is -2.50. The van der Waals surface area contributed by atoms with Crippen molar-refractivity contribution in [1.29, 1.82) is 0 Å². The van der Waals surface area contributed by atoms with Crippen LogP contribution >= 0.6 is 0 Å². The van der Waals surface area contributed by atoms with Crippen molar-refractivity contribution in [2.45, 2.75) is 11.4 Å². The maximum atomic E-state index is 13.6. The van der Waals surface area contributed by atoms with Gasteiger partial charge >= 0.3 is 6.03 Å². The number of ether oxygens (including phenoxy) is 2. The predicted molar refractivity (Wildman–Crippen MR) is 127 cm³/mol. The van der Waals surface area contributed by atoms with E-state index in [2.05, 4.69) is 10.2 Å². The summed E-state index contributed by atoms with van der Waals surface area (Å²) in [5.74, 6) is 0.408. The van der Waals surface area contributed by atoms with Crippen LogP contribution in [0.2, 0.25) is 0 Å². The molecule has 2 amide bonds. The first kappa shape index (κ1) is 23.3. The van der Waals surface area contributed by atoms with E-state index in [1.165, 1.54) is 73.7 Å². The Bertz CT molecular complexity index is 1560. The second-order valence-electron chi connectivity index (χ2n) is 7.65. The van der Waals surface area contributed by atoms with Gasteiger partial charge in [-0.2, -0.15) is 4.31 Å². The molecule has 0 saturated carbocycles. The number of urea groups is 1. The molecule has 0 saturated heterocycles. The Balaban J connectivity index is 1.56. The Kier molecular flexibility index (Phi) is 5.80. The minimum absolute atomic E-state index is 0.0593. The van der Waals surface area contributed by atoms with E-state index >= 15 is 0 Å². The van der Waals surface area contributed by atoms with Crippen molar-refractivity contribution in [1.82, 2.24) is 10.2 Å². The van der Waals surface area contributed by atoms with Gasteiger partial charge in [-0.1, -0.05) is 12.1 Å². The van der Waals surface area contributed by atoms with Gasteiger partial charge in [-0.25, -0.2) is 17.6 Å². The Hall–Kier alpha value is -4.45. The van der Waals surface area contributed by atoms with Gasteiger partial charge in [0.1, 0.15) is 17.3 Å². The average molecular weight is 511 g/mol. The predicted octanol–water partition coefficient (Wildman–Crippen LogP) is 4.23. The molecule has 0 unspecified atom stereocenters. The molecule has 0 aliphatic carbocycles. The monoisotopic (exact) mass is 510 g/mol. The van der Waals surface area contributed by atoms with Gasteiger partial charge in [0.05, 0.1) is 25.6 Å². The fourth-order valence-corrected chi connectivity index (χ4v) is 5.41. The van der Waals surface area contributed by atoms with E-state index in [9.17, 15) is 17.6 Å². The summed E-state index contributed by atoms with van der Waals surface area (Å²) in [6, 6.07) is 15.1. The van der Waals surface area contributed by atoms with Crippen molar-refractivity contribution in [3.05, 3.63) is 78.4 Å².